The predicted molar refractivity (Wildman–Crippen MR) is 156 cm³/mol. The molecule has 1 amide bonds. The second-order valence-electron chi connectivity index (χ2n) is 10.7. The van der Waals surface area contributed by atoms with Gasteiger partial charge in [0, 0.05) is 52.2 Å². The molecular formula is C30H39N3O9S. The SMILES string of the molecule is COc1ccc(S(=O)(=O)N(CCO)CCO[C@@H]2C[C@H](C)C=C(C(=O)N3CCN(Cc4ccc5c(c4)OCO5)CC3)O2)cc1. The lowest BCUT2D eigenvalue weighted by atomic mass is 10.0. The number of allylic oxidation sites excluding steroid dienone is 1. The molecule has 1 fully saturated rings. The number of rotatable bonds is 12. The first-order valence-corrected chi connectivity index (χ1v) is 15.9. The summed E-state index contributed by atoms with van der Waals surface area (Å²) in [7, 11) is -2.35. The van der Waals surface area contributed by atoms with Gasteiger partial charge in [-0.1, -0.05) is 13.0 Å². The molecule has 0 aliphatic carbocycles. The van der Waals surface area contributed by atoms with E-state index < -0.39 is 16.3 Å². The number of carbonyl (C=O) groups excluding carboxylic acids is 1. The molecule has 2 aromatic rings. The third-order valence-electron chi connectivity index (χ3n) is 7.66. The minimum atomic E-state index is -3.86. The second-order valence-corrected chi connectivity index (χ2v) is 12.7. The number of piperazine rings is 1. The van der Waals surface area contributed by atoms with E-state index in [1.165, 1.54) is 23.5 Å². The van der Waals surface area contributed by atoms with E-state index in [4.69, 9.17) is 23.7 Å². The van der Waals surface area contributed by atoms with Crippen molar-refractivity contribution in [3.8, 4) is 17.2 Å². The molecule has 5 rings (SSSR count). The van der Waals surface area contributed by atoms with Crippen molar-refractivity contribution >= 4 is 15.9 Å². The van der Waals surface area contributed by atoms with Crippen molar-refractivity contribution in [1.82, 2.24) is 14.1 Å². The summed E-state index contributed by atoms with van der Waals surface area (Å²) in [4.78, 5) is 17.5. The molecule has 0 bridgehead atoms. The summed E-state index contributed by atoms with van der Waals surface area (Å²) in [6, 6.07) is 12.0. The standard InChI is InChI=1S/C30H39N3O9S/c1-22-17-28(30(35)32-11-9-31(10-12-32)20-23-3-8-26-27(19-23)41-21-40-26)42-29(18-22)39-16-14-33(13-15-34)43(36,37)25-6-4-24(38-2)5-7-25/h3-8,17,19,22,29,34H,9-16,18,20-21H2,1-2H3/t22-,29+/m1/s1. The molecule has 0 spiro atoms. The van der Waals surface area contributed by atoms with Crippen LogP contribution in [-0.2, 0) is 30.8 Å². The number of aliphatic hydroxyl groups excluding tert-OH is 1. The van der Waals surface area contributed by atoms with Gasteiger partial charge < -0.3 is 33.7 Å². The van der Waals surface area contributed by atoms with Gasteiger partial charge in [0.05, 0.1) is 25.2 Å². The first kappa shape index (κ1) is 31.1. The summed E-state index contributed by atoms with van der Waals surface area (Å²) in [6.45, 7) is 5.23. The summed E-state index contributed by atoms with van der Waals surface area (Å²) in [5, 5.41) is 9.50. The van der Waals surface area contributed by atoms with Crippen molar-refractivity contribution < 1.29 is 42.0 Å². The second kappa shape index (κ2) is 14.0. The Bertz CT molecular complexity index is 1390. The number of sulfonamides is 1. The maximum atomic E-state index is 13.3. The van der Waals surface area contributed by atoms with Gasteiger partial charge in [-0.2, -0.15) is 4.31 Å². The fourth-order valence-corrected chi connectivity index (χ4v) is 6.71. The molecular weight excluding hydrogens is 578 g/mol. The van der Waals surface area contributed by atoms with Crippen molar-refractivity contribution in [2.75, 3.05) is 66.4 Å². The first-order chi connectivity index (χ1) is 20.8. The fourth-order valence-electron chi connectivity index (χ4n) is 5.29. The molecule has 3 heterocycles. The smallest absolute Gasteiger partial charge is 0.288 e. The fraction of sp³-hybridized carbons (Fsp3) is 0.500. The Hall–Kier alpha value is -3.36. The van der Waals surface area contributed by atoms with E-state index in [0.29, 0.717) is 25.3 Å². The lowest BCUT2D eigenvalue weighted by Crippen LogP contribution is -2.49. The Morgan fingerprint density at radius 3 is 2.51 bits per heavy atom. The van der Waals surface area contributed by atoms with Gasteiger partial charge in [-0.3, -0.25) is 9.69 Å². The van der Waals surface area contributed by atoms with Crippen LogP contribution in [0.2, 0.25) is 0 Å². The number of hydrogen-bond donors (Lipinski definition) is 1. The van der Waals surface area contributed by atoms with Crippen LogP contribution in [0.3, 0.4) is 0 Å². The summed E-state index contributed by atoms with van der Waals surface area (Å²) < 4.78 is 55.3. The van der Waals surface area contributed by atoms with Crippen molar-refractivity contribution in [1.29, 1.82) is 0 Å². The molecule has 2 atom stereocenters. The monoisotopic (exact) mass is 617 g/mol. The highest BCUT2D eigenvalue weighted by Gasteiger charge is 2.31. The van der Waals surface area contributed by atoms with Crippen LogP contribution >= 0.6 is 0 Å². The molecule has 3 aliphatic heterocycles. The Morgan fingerprint density at radius 1 is 1.05 bits per heavy atom. The van der Waals surface area contributed by atoms with Crippen LogP contribution < -0.4 is 14.2 Å². The number of hydrogen-bond acceptors (Lipinski definition) is 10. The zero-order chi connectivity index (χ0) is 30.4. The number of benzene rings is 2. The Balaban J connectivity index is 1.11. The van der Waals surface area contributed by atoms with Crippen molar-refractivity contribution in [2.45, 2.75) is 31.1 Å². The van der Waals surface area contributed by atoms with Gasteiger partial charge in [0.15, 0.2) is 17.3 Å². The number of amides is 1. The third-order valence-corrected chi connectivity index (χ3v) is 9.58. The van der Waals surface area contributed by atoms with Crippen molar-refractivity contribution in [3.05, 3.63) is 59.9 Å². The topological polar surface area (TPSA) is 127 Å². The van der Waals surface area contributed by atoms with Gasteiger partial charge in [0.2, 0.25) is 23.1 Å². The number of methoxy groups -OCH3 is 1. The lowest BCUT2D eigenvalue weighted by Gasteiger charge is -2.36. The third kappa shape index (κ3) is 7.60. The molecule has 0 saturated carbocycles. The number of fused-ring (bicyclic) bond motifs is 1. The summed E-state index contributed by atoms with van der Waals surface area (Å²) in [6.07, 6.45) is 1.67. The van der Waals surface area contributed by atoms with E-state index in [1.54, 1.807) is 17.0 Å². The first-order valence-electron chi connectivity index (χ1n) is 14.4. The lowest BCUT2D eigenvalue weighted by molar-refractivity contribution is -0.155. The number of nitrogens with zero attached hydrogens (tertiary/aromatic N) is 3. The van der Waals surface area contributed by atoms with Gasteiger partial charge in [-0.25, -0.2) is 8.42 Å². The van der Waals surface area contributed by atoms with E-state index in [1.807, 2.05) is 31.2 Å². The molecule has 234 valence electrons. The summed E-state index contributed by atoms with van der Waals surface area (Å²) in [5.41, 5.74) is 1.13. The molecule has 1 saturated heterocycles. The van der Waals surface area contributed by atoms with Crippen LogP contribution in [0.5, 0.6) is 17.2 Å². The minimum absolute atomic E-state index is 0.0154. The Kier molecular flexibility index (Phi) is 10.1. The molecule has 0 radical (unpaired) electrons. The highest BCUT2D eigenvalue weighted by atomic mass is 32.2. The predicted octanol–water partition coefficient (Wildman–Crippen LogP) is 2.03. The number of carbonyl (C=O) groups is 1. The molecule has 0 unspecified atom stereocenters. The molecule has 1 N–H and O–H groups in total. The molecule has 0 aromatic heterocycles. The zero-order valence-corrected chi connectivity index (χ0v) is 25.3. The van der Waals surface area contributed by atoms with E-state index >= 15 is 0 Å². The van der Waals surface area contributed by atoms with Crippen LogP contribution in [-0.4, -0.2) is 106 Å². The van der Waals surface area contributed by atoms with Crippen LogP contribution in [0.4, 0.5) is 0 Å². The van der Waals surface area contributed by atoms with Gasteiger partial charge in [0.1, 0.15) is 5.75 Å². The van der Waals surface area contributed by atoms with Crippen LogP contribution in [0, 0.1) is 5.92 Å². The molecule has 2 aromatic carbocycles. The van der Waals surface area contributed by atoms with Crippen LogP contribution in [0.25, 0.3) is 0 Å². The summed E-state index contributed by atoms with van der Waals surface area (Å²) in [5.74, 6) is 2.19. The van der Waals surface area contributed by atoms with Gasteiger partial charge in [-0.15, -0.1) is 0 Å². The molecule has 13 heteroatoms. The normalized spacial score (nSPS) is 20.6. The number of aliphatic hydroxyl groups is 1. The highest BCUT2D eigenvalue weighted by molar-refractivity contribution is 7.89. The zero-order valence-electron chi connectivity index (χ0n) is 24.5. The quantitative estimate of drug-likeness (QED) is 0.378. The molecule has 43 heavy (non-hydrogen) atoms. The van der Waals surface area contributed by atoms with E-state index in [0.717, 1.165) is 36.7 Å². The van der Waals surface area contributed by atoms with E-state index in [2.05, 4.69) is 4.90 Å². The summed E-state index contributed by atoms with van der Waals surface area (Å²) >= 11 is 0. The van der Waals surface area contributed by atoms with Crippen LogP contribution in [0.15, 0.2) is 59.2 Å². The van der Waals surface area contributed by atoms with Gasteiger partial charge in [0.25, 0.3) is 5.91 Å². The van der Waals surface area contributed by atoms with Crippen LogP contribution in [0.1, 0.15) is 18.9 Å². The van der Waals surface area contributed by atoms with E-state index in [9.17, 15) is 18.3 Å². The maximum absolute atomic E-state index is 13.3. The average Bonchev–Trinajstić information content (AvgIpc) is 3.48. The highest BCUT2D eigenvalue weighted by Crippen LogP contribution is 2.33. The Labute approximate surface area is 252 Å². The molecule has 3 aliphatic rings. The molecule has 12 nitrogen and oxygen atoms in total. The maximum Gasteiger partial charge on any atom is 0.288 e. The average molecular weight is 618 g/mol. The van der Waals surface area contributed by atoms with Gasteiger partial charge in [-0.05, 0) is 54.0 Å². The minimum Gasteiger partial charge on any atom is -0.497 e. The van der Waals surface area contributed by atoms with E-state index in [-0.39, 0.29) is 55.6 Å². The number of ether oxygens (including phenoxy) is 5. The Morgan fingerprint density at radius 2 is 1.79 bits per heavy atom. The van der Waals surface area contributed by atoms with Crippen molar-refractivity contribution in [2.24, 2.45) is 5.92 Å². The largest absolute Gasteiger partial charge is 0.497 e. The van der Waals surface area contributed by atoms with Crippen molar-refractivity contribution in [3.63, 3.8) is 0 Å². The van der Waals surface area contributed by atoms with Gasteiger partial charge >= 0.3 is 0 Å².